The molecule has 8 heteroatoms. The molecule has 0 bridgehead atoms. The smallest absolute Gasteiger partial charge is 0.300 e. The SMILES string of the molecule is COc1ccc(N2C(=O)C(=O)/C(=C(/O)c3cc(OC)ccc3OC)C2c2ccc(O)cc2)cc1. The summed E-state index contributed by atoms with van der Waals surface area (Å²) in [6.07, 6.45) is 0. The Labute approximate surface area is 196 Å². The molecule has 3 aromatic carbocycles. The molecule has 1 saturated heterocycles. The summed E-state index contributed by atoms with van der Waals surface area (Å²) >= 11 is 0. The molecule has 8 nitrogen and oxygen atoms in total. The van der Waals surface area contributed by atoms with Gasteiger partial charge in [0.05, 0.1) is 38.5 Å². The van der Waals surface area contributed by atoms with Gasteiger partial charge in [-0.1, -0.05) is 12.1 Å². The van der Waals surface area contributed by atoms with E-state index >= 15 is 0 Å². The number of rotatable bonds is 6. The van der Waals surface area contributed by atoms with Crippen molar-refractivity contribution in [1.82, 2.24) is 0 Å². The van der Waals surface area contributed by atoms with E-state index in [2.05, 4.69) is 0 Å². The van der Waals surface area contributed by atoms with Crippen molar-refractivity contribution in [1.29, 1.82) is 0 Å². The number of amides is 1. The van der Waals surface area contributed by atoms with Gasteiger partial charge >= 0.3 is 0 Å². The second-order valence-corrected chi connectivity index (χ2v) is 7.52. The van der Waals surface area contributed by atoms with Gasteiger partial charge < -0.3 is 24.4 Å². The maximum absolute atomic E-state index is 13.3. The van der Waals surface area contributed by atoms with Crippen LogP contribution in [0.25, 0.3) is 5.76 Å². The lowest BCUT2D eigenvalue weighted by molar-refractivity contribution is -0.132. The minimum absolute atomic E-state index is 0.0274. The molecule has 1 fully saturated rings. The molecule has 3 aromatic rings. The fraction of sp³-hybridized carbons (Fsp3) is 0.154. The number of phenolic OH excluding ortho intramolecular Hbond substituents is 1. The number of ketones is 1. The lowest BCUT2D eigenvalue weighted by atomic mass is 9.94. The minimum atomic E-state index is -0.954. The van der Waals surface area contributed by atoms with Crippen LogP contribution in [0.3, 0.4) is 0 Å². The fourth-order valence-corrected chi connectivity index (χ4v) is 3.96. The zero-order valence-electron chi connectivity index (χ0n) is 18.8. The van der Waals surface area contributed by atoms with Crippen molar-refractivity contribution < 1.29 is 34.0 Å². The molecule has 1 aliphatic heterocycles. The summed E-state index contributed by atoms with van der Waals surface area (Å²) in [6.45, 7) is 0. The third-order valence-electron chi connectivity index (χ3n) is 5.67. The van der Waals surface area contributed by atoms with E-state index in [1.165, 1.54) is 44.4 Å². The number of carbonyl (C=O) groups excluding carboxylic acids is 2. The van der Waals surface area contributed by atoms with Crippen LogP contribution in [0.5, 0.6) is 23.0 Å². The Hall–Kier alpha value is -4.46. The number of Topliss-reactive ketones (excluding diaryl/α,β-unsaturated/α-hetero) is 1. The van der Waals surface area contributed by atoms with Gasteiger partial charge in [-0.25, -0.2) is 0 Å². The van der Waals surface area contributed by atoms with Crippen molar-refractivity contribution in [2.24, 2.45) is 0 Å². The van der Waals surface area contributed by atoms with Gasteiger partial charge in [0.25, 0.3) is 11.7 Å². The summed E-state index contributed by atoms with van der Waals surface area (Å²) in [7, 11) is 4.44. The average Bonchev–Trinajstić information content (AvgIpc) is 3.13. The Bertz CT molecular complexity index is 1260. The highest BCUT2D eigenvalue weighted by molar-refractivity contribution is 6.51. The predicted octanol–water partition coefficient (Wildman–Crippen LogP) is 4.04. The number of carbonyl (C=O) groups is 2. The van der Waals surface area contributed by atoms with Crippen molar-refractivity contribution in [3.05, 3.63) is 83.4 Å². The summed E-state index contributed by atoms with van der Waals surface area (Å²) < 4.78 is 15.8. The molecule has 1 aliphatic rings. The molecular weight excluding hydrogens is 438 g/mol. The van der Waals surface area contributed by atoms with Crippen LogP contribution in [0.15, 0.2) is 72.3 Å². The summed E-state index contributed by atoms with van der Waals surface area (Å²) in [6, 6.07) is 16.6. The van der Waals surface area contributed by atoms with Crippen LogP contribution < -0.4 is 19.1 Å². The summed E-state index contributed by atoms with van der Waals surface area (Å²) in [5, 5.41) is 21.1. The van der Waals surface area contributed by atoms with E-state index in [-0.39, 0.29) is 16.9 Å². The number of methoxy groups -OCH3 is 3. The number of aliphatic hydroxyl groups is 1. The van der Waals surface area contributed by atoms with Crippen LogP contribution in [0.1, 0.15) is 17.2 Å². The van der Waals surface area contributed by atoms with E-state index in [4.69, 9.17) is 14.2 Å². The Kier molecular flexibility index (Phi) is 6.14. The van der Waals surface area contributed by atoms with Gasteiger partial charge in [0.1, 0.15) is 28.8 Å². The van der Waals surface area contributed by atoms with Crippen molar-refractivity contribution in [2.45, 2.75) is 6.04 Å². The molecule has 0 aromatic heterocycles. The first-order valence-corrected chi connectivity index (χ1v) is 10.4. The molecule has 2 N–H and O–H groups in total. The molecule has 1 amide bonds. The fourth-order valence-electron chi connectivity index (χ4n) is 3.96. The lowest BCUT2D eigenvalue weighted by Gasteiger charge is -2.25. The van der Waals surface area contributed by atoms with Crippen molar-refractivity contribution in [2.75, 3.05) is 26.2 Å². The van der Waals surface area contributed by atoms with E-state index in [0.29, 0.717) is 28.5 Å². The molecular formula is C26H23NO7. The largest absolute Gasteiger partial charge is 0.508 e. The van der Waals surface area contributed by atoms with Crippen LogP contribution in [-0.2, 0) is 9.59 Å². The van der Waals surface area contributed by atoms with Crippen LogP contribution in [0, 0.1) is 0 Å². The number of benzene rings is 3. The Morgan fingerprint density at radius 3 is 2.03 bits per heavy atom. The van der Waals surface area contributed by atoms with Gasteiger partial charge in [-0.3, -0.25) is 14.5 Å². The van der Waals surface area contributed by atoms with Crippen LogP contribution in [0.4, 0.5) is 5.69 Å². The van der Waals surface area contributed by atoms with Crippen LogP contribution in [0.2, 0.25) is 0 Å². The first-order chi connectivity index (χ1) is 16.4. The molecule has 1 heterocycles. The molecule has 0 radical (unpaired) electrons. The van der Waals surface area contributed by atoms with Gasteiger partial charge in [-0.2, -0.15) is 0 Å². The van der Waals surface area contributed by atoms with Crippen LogP contribution >= 0.6 is 0 Å². The first kappa shape index (κ1) is 22.7. The maximum atomic E-state index is 13.3. The normalized spacial score (nSPS) is 17.0. The number of aliphatic hydroxyl groups excluding tert-OH is 1. The van der Waals surface area contributed by atoms with E-state index in [9.17, 15) is 19.8 Å². The molecule has 1 unspecified atom stereocenters. The van der Waals surface area contributed by atoms with E-state index < -0.39 is 23.5 Å². The molecule has 1 atom stereocenters. The maximum Gasteiger partial charge on any atom is 0.300 e. The monoisotopic (exact) mass is 461 g/mol. The summed E-state index contributed by atoms with van der Waals surface area (Å²) in [4.78, 5) is 27.8. The Balaban J connectivity index is 1.96. The number of phenols is 1. The first-order valence-electron chi connectivity index (χ1n) is 10.4. The highest BCUT2D eigenvalue weighted by Crippen LogP contribution is 2.44. The van der Waals surface area contributed by atoms with Gasteiger partial charge in [-0.15, -0.1) is 0 Å². The summed E-state index contributed by atoms with van der Waals surface area (Å²) in [5.74, 6) is -0.695. The van der Waals surface area contributed by atoms with Gasteiger partial charge in [0, 0.05) is 5.69 Å². The van der Waals surface area contributed by atoms with Crippen molar-refractivity contribution in [3.8, 4) is 23.0 Å². The number of aromatic hydroxyl groups is 1. The van der Waals surface area contributed by atoms with Crippen molar-refractivity contribution in [3.63, 3.8) is 0 Å². The quantitative estimate of drug-likeness (QED) is 0.324. The third kappa shape index (κ3) is 3.90. The zero-order valence-corrected chi connectivity index (χ0v) is 18.8. The number of hydrogen-bond donors (Lipinski definition) is 2. The van der Waals surface area contributed by atoms with Gasteiger partial charge in [0.2, 0.25) is 0 Å². The number of hydrogen-bond acceptors (Lipinski definition) is 7. The molecule has 0 aliphatic carbocycles. The number of ether oxygens (including phenoxy) is 3. The van der Waals surface area contributed by atoms with E-state index in [0.717, 1.165) is 0 Å². The highest BCUT2D eigenvalue weighted by Gasteiger charge is 2.47. The second kappa shape index (κ2) is 9.19. The van der Waals surface area contributed by atoms with E-state index in [1.54, 1.807) is 48.5 Å². The van der Waals surface area contributed by atoms with E-state index in [1.807, 2.05) is 0 Å². The summed E-state index contributed by atoms with van der Waals surface area (Å²) in [5.41, 5.74) is 1.06. The van der Waals surface area contributed by atoms with Crippen molar-refractivity contribution >= 4 is 23.1 Å². The predicted molar refractivity (Wildman–Crippen MR) is 125 cm³/mol. The number of anilines is 1. The molecule has 34 heavy (non-hydrogen) atoms. The highest BCUT2D eigenvalue weighted by atomic mass is 16.5. The minimum Gasteiger partial charge on any atom is -0.508 e. The third-order valence-corrected chi connectivity index (χ3v) is 5.67. The molecule has 0 saturated carbocycles. The molecule has 4 rings (SSSR count). The van der Waals surface area contributed by atoms with Gasteiger partial charge in [0.15, 0.2) is 0 Å². The number of nitrogens with zero attached hydrogens (tertiary/aromatic N) is 1. The Morgan fingerprint density at radius 2 is 1.44 bits per heavy atom. The molecule has 174 valence electrons. The topological polar surface area (TPSA) is 106 Å². The standard InChI is InChI=1S/C26H23NO7/c1-32-18-10-6-16(7-11-18)27-23(15-4-8-17(28)9-5-15)22(25(30)26(27)31)24(29)20-14-19(33-2)12-13-21(20)34-3/h4-14,23,28-29H,1-3H3/b24-22+. The zero-order chi connectivity index (χ0) is 24.4. The Morgan fingerprint density at radius 1 is 0.824 bits per heavy atom. The lowest BCUT2D eigenvalue weighted by Crippen LogP contribution is -2.29. The van der Waals surface area contributed by atoms with Gasteiger partial charge in [-0.05, 0) is 60.2 Å². The van der Waals surface area contributed by atoms with Crippen LogP contribution in [-0.4, -0.2) is 43.2 Å². The average molecular weight is 461 g/mol. The molecule has 0 spiro atoms. The second-order valence-electron chi connectivity index (χ2n) is 7.52.